The zero-order valence-corrected chi connectivity index (χ0v) is 13.7. The fourth-order valence-corrected chi connectivity index (χ4v) is 2.52. The lowest BCUT2D eigenvalue weighted by molar-refractivity contribution is -0.116. The molecular formula is C16H10BrN5O2. The number of halogens is 1. The van der Waals surface area contributed by atoms with Crippen LogP contribution in [0.15, 0.2) is 52.0 Å². The summed E-state index contributed by atoms with van der Waals surface area (Å²) >= 11 is 3.29. The summed E-state index contributed by atoms with van der Waals surface area (Å²) in [5.41, 5.74) is 0.451. The molecule has 3 rings (SSSR count). The summed E-state index contributed by atoms with van der Waals surface area (Å²) in [6.07, 6.45) is 3.03. The minimum Gasteiger partial charge on any atom is -0.323 e. The zero-order chi connectivity index (χ0) is 17.1. The molecule has 3 aromatic rings. The summed E-state index contributed by atoms with van der Waals surface area (Å²) in [4.78, 5) is 35.1. The summed E-state index contributed by atoms with van der Waals surface area (Å²) in [6, 6.07) is 10.2. The number of anilines is 1. The first-order chi connectivity index (χ1) is 11.6. The Hall–Kier alpha value is -3.05. The van der Waals surface area contributed by atoms with E-state index >= 15 is 0 Å². The lowest BCUT2D eigenvalue weighted by Gasteiger charge is -2.10. The number of aromatic amines is 1. The van der Waals surface area contributed by atoms with Crippen LogP contribution in [0.5, 0.6) is 0 Å². The first-order valence-corrected chi connectivity index (χ1v) is 7.68. The highest BCUT2D eigenvalue weighted by molar-refractivity contribution is 9.10. The Balaban J connectivity index is 1.98. The maximum Gasteiger partial charge on any atom is 0.258 e. The third kappa shape index (κ3) is 3.16. The van der Waals surface area contributed by atoms with Crippen LogP contribution in [0, 0.1) is 11.3 Å². The highest BCUT2D eigenvalue weighted by Gasteiger charge is 2.24. The van der Waals surface area contributed by atoms with E-state index in [1.165, 1.54) is 6.20 Å². The molecule has 24 heavy (non-hydrogen) atoms. The van der Waals surface area contributed by atoms with E-state index in [4.69, 9.17) is 0 Å². The Labute approximate surface area is 144 Å². The standard InChI is InChI=1S/C16H10BrN5O2/c17-9-3-4-13-11(6-9)15(23)22-14(21-13)12(7-18)16(24)20-10-2-1-5-19-8-10/h1-6,8,12H,(H,20,24)(H,21,22,23)/t12-/m1/s1. The second-order valence-electron chi connectivity index (χ2n) is 4.91. The third-order valence-corrected chi connectivity index (χ3v) is 3.77. The van der Waals surface area contributed by atoms with E-state index in [-0.39, 0.29) is 5.82 Å². The van der Waals surface area contributed by atoms with Crippen LogP contribution in [0.2, 0.25) is 0 Å². The molecular weight excluding hydrogens is 374 g/mol. The van der Waals surface area contributed by atoms with Crippen LogP contribution in [-0.4, -0.2) is 20.9 Å². The highest BCUT2D eigenvalue weighted by atomic mass is 79.9. The van der Waals surface area contributed by atoms with Gasteiger partial charge < -0.3 is 10.3 Å². The van der Waals surface area contributed by atoms with Gasteiger partial charge in [0.2, 0.25) is 5.91 Å². The van der Waals surface area contributed by atoms with E-state index in [1.807, 2.05) is 6.07 Å². The SMILES string of the molecule is N#C[C@@H](C(=O)Nc1cccnc1)c1nc2ccc(Br)cc2c(=O)[nH]1. The van der Waals surface area contributed by atoms with Crippen LogP contribution in [-0.2, 0) is 4.79 Å². The number of benzene rings is 1. The van der Waals surface area contributed by atoms with Crippen molar-refractivity contribution in [2.45, 2.75) is 5.92 Å². The van der Waals surface area contributed by atoms with Gasteiger partial charge in [-0.05, 0) is 30.3 Å². The van der Waals surface area contributed by atoms with Gasteiger partial charge in [-0.2, -0.15) is 5.26 Å². The van der Waals surface area contributed by atoms with Gasteiger partial charge in [0, 0.05) is 10.7 Å². The number of amides is 1. The molecule has 0 saturated heterocycles. The minimum atomic E-state index is -1.24. The normalized spacial score (nSPS) is 11.7. The molecule has 0 spiro atoms. The Kier molecular flexibility index (Phi) is 4.35. The van der Waals surface area contributed by atoms with Crippen LogP contribution < -0.4 is 10.9 Å². The molecule has 118 valence electrons. The molecule has 1 atom stereocenters. The fraction of sp³-hybridized carbons (Fsp3) is 0.0625. The largest absolute Gasteiger partial charge is 0.323 e. The number of nitrogens with zero attached hydrogens (tertiary/aromatic N) is 3. The van der Waals surface area contributed by atoms with Crippen molar-refractivity contribution in [2.75, 3.05) is 5.32 Å². The van der Waals surface area contributed by atoms with Crippen LogP contribution in [0.25, 0.3) is 10.9 Å². The van der Waals surface area contributed by atoms with Crippen molar-refractivity contribution in [3.8, 4) is 6.07 Å². The van der Waals surface area contributed by atoms with Gasteiger partial charge in [-0.25, -0.2) is 4.98 Å². The average molecular weight is 384 g/mol. The topological polar surface area (TPSA) is 112 Å². The summed E-state index contributed by atoms with van der Waals surface area (Å²) in [6.45, 7) is 0. The number of nitriles is 1. The van der Waals surface area contributed by atoms with Crippen molar-refractivity contribution < 1.29 is 4.79 Å². The van der Waals surface area contributed by atoms with Crippen molar-refractivity contribution in [3.05, 3.63) is 63.4 Å². The average Bonchev–Trinajstić information content (AvgIpc) is 2.57. The Morgan fingerprint density at radius 1 is 1.38 bits per heavy atom. The Morgan fingerprint density at radius 3 is 2.92 bits per heavy atom. The van der Waals surface area contributed by atoms with Gasteiger partial charge in [-0.15, -0.1) is 0 Å². The number of pyridine rings is 1. The molecule has 0 aliphatic rings. The predicted octanol–water partition coefficient (Wildman–Crippen LogP) is 2.33. The van der Waals surface area contributed by atoms with E-state index in [2.05, 4.69) is 36.2 Å². The number of aromatic nitrogens is 3. The quantitative estimate of drug-likeness (QED) is 0.720. The highest BCUT2D eigenvalue weighted by Crippen LogP contribution is 2.18. The number of nitrogens with one attached hydrogen (secondary N) is 2. The molecule has 2 N–H and O–H groups in total. The number of hydrogen-bond acceptors (Lipinski definition) is 5. The number of rotatable bonds is 3. The van der Waals surface area contributed by atoms with E-state index < -0.39 is 17.4 Å². The van der Waals surface area contributed by atoms with Crippen LogP contribution in [0.4, 0.5) is 5.69 Å². The molecule has 7 nitrogen and oxygen atoms in total. The van der Waals surface area contributed by atoms with E-state index in [9.17, 15) is 14.9 Å². The van der Waals surface area contributed by atoms with Crippen molar-refractivity contribution in [1.29, 1.82) is 5.26 Å². The number of carbonyl (C=O) groups excluding carboxylic acids is 1. The zero-order valence-electron chi connectivity index (χ0n) is 12.2. The molecule has 1 amide bonds. The van der Waals surface area contributed by atoms with Gasteiger partial charge in [-0.3, -0.25) is 14.6 Å². The molecule has 1 aromatic carbocycles. The molecule has 8 heteroatoms. The number of H-pyrrole nitrogens is 1. The second-order valence-corrected chi connectivity index (χ2v) is 5.82. The van der Waals surface area contributed by atoms with E-state index in [0.29, 0.717) is 16.6 Å². The molecule has 0 aliphatic heterocycles. The Morgan fingerprint density at radius 2 is 2.21 bits per heavy atom. The van der Waals surface area contributed by atoms with E-state index in [0.717, 1.165) is 4.47 Å². The van der Waals surface area contributed by atoms with Gasteiger partial charge >= 0.3 is 0 Å². The molecule has 0 bridgehead atoms. The molecule has 0 aliphatic carbocycles. The second kappa shape index (κ2) is 6.60. The van der Waals surface area contributed by atoms with Gasteiger partial charge in [0.05, 0.1) is 28.9 Å². The fourth-order valence-electron chi connectivity index (χ4n) is 2.16. The van der Waals surface area contributed by atoms with Crippen molar-refractivity contribution >= 4 is 38.4 Å². The van der Waals surface area contributed by atoms with E-state index in [1.54, 1.807) is 36.5 Å². The summed E-state index contributed by atoms with van der Waals surface area (Å²) in [7, 11) is 0. The molecule has 0 saturated carbocycles. The predicted molar refractivity (Wildman–Crippen MR) is 91.3 cm³/mol. The van der Waals surface area contributed by atoms with Crippen LogP contribution in [0.3, 0.4) is 0 Å². The van der Waals surface area contributed by atoms with Gasteiger partial charge in [-0.1, -0.05) is 15.9 Å². The van der Waals surface area contributed by atoms with Crippen LogP contribution >= 0.6 is 15.9 Å². The van der Waals surface area contributed by atoms with Crippen molar-refractivity contribution in [2.24, 2.45) is 0 Å². The Bertz CT molecular complexity index is 1010. The minimum absolute atomic E-state index is 0.00119. The maximum atomic E-state index is 12.3. The van der Waals surface area contributed by atoms with Crippen LogP contribution in [0.1, 0.15) is 11.7 Å². The maximum absolute atomic E-state index is 12.3. The summed E-state index contributed by atoms with van der Waals surface area (Å²) in [5, 5.41) is 12.3. The lowest BCUT2D eigenvalue weighted by atomic mass is 10.1. The first-order valence-electron chi connectivity index (χ1n) is 6.88. The monoisotopic (exact) mass is 383 g/mol. The third-order valence-electron chi connectivity index (χ3n) is 3.28. The molecule has 2 heterocycles. The summed E-state index contributed by atoms with van der Waals surface area (Å²) in [5.74, 6) is -1.84. The summed E-state index contributed by atoms with van der Waals surface area (Å²) < 4.78 is 0.737. The van der Waals surface area contributed by atoms with Gasteiger partial charge in [0.25, 0.3) is 5.56 Å². The number of fused-ring (bicyclic) bond motifs is 1. The lowest BCUT2D eigenvalue weighted by Crippen LogP contribution is -2.24. The smallest absolute Gasteiger partial charge is 0.258 e. The first kappa shape index (κ1) is 15.8. The number of hydrogen-bond donors (Lipinski definition) is 2. The molecule has 0 fully saturated rings. The number of carbonyl (C=O) groups is 1. The van der Waals surface area contributed by atoms with Crippen molar-refractivity contribution in [3.63, 3.8) is 0 Å². The molecule has 0 radical (unpaired) electrons. The van der Waals surface area contributed by atoms with Gasteiger partial charge in [0.1, 0.15) is 5.82 Å². The van der Waals surface area contributed by atoms with Crippen molar-refractivity contribution in [1.82, 2.24) is 15.0 Å². The molecule has 0 unspecified atom stereocenters. The van der Waals surface area contributed by atoms with Gasteiger partial charge in [0.15, 0.2) is 5.92 Å². The molecule has 2 aromatic heterocycles.